The summed E-state index contributed by atoms with van der Waals surface area (Å²) in [6.45, 7) is 0.00557. The number of sulfonamides is 1. The third-order valence-electron chi connectivity index (χ3n) is 4.44. The largest absolute Gasteiger partial charge is 0.350 e. The Hall–Kier alpha value is -2.87. The lowest BCUT2D eigenvalue weighted by Crippen LogP contribution is -2.31. The molecule has 3 aromatic rings. The number of nitrogens with one attached hydrogen (secondary N) is 2. The highest BCUT2D eigenvalue weighted by Gasteiger charge is 2.30. The molecule has 1 aliphatic rings. The van der Waals surface area contributed by atoms with E-state index in [2.05, 4.69) is 15.0 Å². The fourth-order valence-electron chi connectivity index (χ4n) is 2.98. The summed E-state index contributed by atoms with van der Waals surface area (Å²) in [6, 6.07) is 14.3. The van der Waals surface area contributed by atoms with Gasteiger partial charge in [0.2, 0.25) is 10.0 Å². The maximum absolute atomic E-state index is 12.6. The lowest BCUT2D eigenvalue weighted by Gasteiger charge is -2.08. The van der Waals surface area contributed by atoms with E-state index in [1.807, 2.05) is 34.9 Å². The van der Waals surface area contributed by atoms with Crippen molar-refractivity contribution in [3.63, 3.8) is 0 Å². The van der Waals surface area contributed by atoms with Crippen molar-refractivity contribution in [2.24, 2.45) is 0 Å². The van der Waals surface area contributed by atoms with E-state index in [9.17, 15) is 13.2 Å². The van der Waals surface area contributed by atoms with Gasteiger partial charge in [-0.05, 0) is 37.1 Å². The molecule has 2 aromatic heterocycles. The molecule has 0 saturated heterocycles. The molecule has 27 heavy (non-hydrogen) atoms. The number of amides is 1. The lowest BCUT2D eigenvalue weighted by molar-refractivity contribution is 0.0953. The van der Waals surface area contributed by atoms with Crippen LogP contribution in [-0.4, -0.2) is 36.0 Å². The number of hydrogen-bond acceptors (Lipinski definition) is 4. The van der Waals surface area contributed by atoms with Gasteiger partial charge >= 0.3 is 0 Å². The summed E-state index contributed by atoms with van der Waals surface area (Å²) in [5, 5.41) is 2.67. The van der Waals surface area contributed by atoms with Crippen LogP contribution in [0.5, 0.6) is 0 Å². The minimum Gasteiger partial charge on any atom is -0.350 e. The Balaban J connectivity index is 1.42. The van der Waals surface area contributed by atoms with Crippen LogP contribution in [0.1, 0.15) is 35.1 Å². The Kier molecular flexibility index (Phi) is 4.57. The molecular weight excluding hydrogens is 364 g/mol. The van der Waals surface area contributed by atoms with Crippen molar-refractivity contribution in [1.29, 1.82) is 0 Å². The quantitative estimate of drug-likeness (QED) is 0.654. The zero-order chi connectivity index (χ0) is 18.9. The summed E-state index contributed by atoms with van der Waals surface area (Å²) in [5.74, 6) is 0.723. The van der Waals surface area contributed by atoms with E-state index in [-0.39, 0.29) is 18.2 Å². The smallest absolute Gasteiger partial charge is 0.272 e. The van der Waals surface area contributed by atoms with Crippen LogP contribution >= 0.6 is 0 Å². The van der Waals surface area contributed by atoms with E-state index in [0.717, 1.165) is 24.2 Å². The first-order valence-electron chi connectivity index (χ1n) is 8.84. The minimum absolute atomic E-state index is 0.00557. The Morgan fingerprint density at radius 1 is 1.11 bits per heavy atom. The molecule has 0 radical (unpaired) electrons. The van der Waals surface area contributed by atoms with E-state index >= 15 is 0 Å². The third kappa shape index (κ3) is 3.95. The molecule has 1 amide bonds. The molecule has 2 heterocycles. The Bertz CT molecular complexity index is 1070. The molecule has 4 rings (SSSR count). The van der Waals surface area contributed by atoms with Crippen LogP contribution in [0.4, 0.5) is 5.69 Å². The van der Waals surface area contributed by atoms with Gasteiger partial charge in [-0.2, -0.15) is 0 Å². The zero-order valence-electron chi connectivity index (χ0n) is 14.6. The Morgan fingerprint density at radius 3 is 2.59 bits per heavy atom. The summed E-state index contributed by atoms with van der Waals surface area (Å²) in [7, 11) is -3.54. The zero-order valence-corrected chi connectivity index (χ0v) is 15.4. The highest BCUT2D eigenvalue weighted by atomic mass is 32.2. The normalized spacial score (nSPS) is 14.2. The van der Waals surface area contributed by atoms with Gasteiger partial charge in [-0.25, -0.2) is 13.4 Å². The molecule has 1 aromatic carbocycles. The van der Waals surface area contributed by atoms with Crippen molar-refractivity contribution in [2.45, 2.75) is 18.8 Å². The van der Waals surface area contributed by atoms with E-state index in [1.165, 1.54) is 0 Å². The molecule has 7 nitrogen and oxygen atoms in total. The second-order valence-corrected chi connectivity index (χ2v) is 8.43. The van der Waals surface area contributed by atoms with E-state index in [4.69, 9.17) is 0 Å². The van der Waals surface area contributed by atoms with Gasteiger partial charge in [-0.1, -0.05) is 24.3 Å². The molecule has 0 aliphatic heterocycles. The first-order valence-corrected chi connectivity index (χ1v) is 10.5. The number of aromatic nitrogens is 2. The molecular formula is C19H20N4O3S. The maximum atomic E-state index is 12.6. The first-order chi connectivity index (χ1) is 13.0. The molecule has 0 unspecified atom stereocenters. The summed E-state index contributed by atoms with van der Waals surface area (Å²) in [6.07, 6.45) is 4.07. The van der Waals surface area contributed by atoms with Gasteiger partial charge in [-0.3, -0.25) is 9.52 Å². The van der Waals surface area contributed by atoms with Crippen LogP contribution in [0, 0.1) is 0 Å². The number of rotatable bonds is 7. The number of nitrogens with zero attached hydrogens (tertiary/aromatic N) is 2. The van der Waals surface area contributed by atoms with Crippen molar-refractivity contribution in [3.8, 4) is 0 Å². The topological polar surface area (TPSA) is 92.6 Å². The first kappa shape index (κ1) is 17.5. The van der Waals surface area contributed by atoms with Crippen LogP contribution in [0.3, 0.4) is 0 Å². The van der Waals surface area contributed by atoms with Crippen molar-refractivity contribution in [3.05, 3.63) is 66.2 Å². The average molecular weight is 384 g/mol. The number of hydrogen-bond donors (Lipinski definition) is 2. The van der Waals surface area contributed by atoms with Crippen LogP contribution < -0.4 is 10.0 Å². The molecule has 0 atom stereocenters. The number of anilines is 1. The minimum atomic E-state index is -3.54. The van der Waals surface area contributed by atoms with Gasteiger partial charge in [0, 0.05) is 24.3 Å². The highest BCUT2D eigenvalue weighted by molar-refractivity contribution is 7.92. The van der Waals surface area contributed by atoms with Crippen molar-refractivity contribution in [1.82, 2.24) is 14.7 Å². The Morgan fingerprint density at radius 2 is 1.85 bits per heavy atom. The van der Waals surface area contributed by atoms with Crippen molar-refractivity contribution >= 4 is 27.1 Å². The van der Waals surface area contributed by atoms with Crippen LogP contribution in [0.25, 0.3) is 5.52 Å². The fraction of sp³-hybridized carbons (Fsp3) is 0.263. The second-order valence-electron chi connectivity index (χ2n) is 6.59. The van der Waals surface area contributed by atoms with E-state index in [1.54, 1.807) is 24.3 Å². The summed E-state index contributed by atoms with van der Waals surface area (Å²) < 4.78 is 28.7. The molecule has 1 fully saturated rings. The van der Waals surface area contributed by atoms with E-state index < -0.39 is 10.0 Å². The van der Waals surface area contributed by atoms with Crippen LogP contribution in [-0.2, 0) is 10.0 Å². The fourth-order valence-corrected chi connectivity index (χ4v) is 3.95. The molecule has 0 bridgehead atoms. The average Bonchev–Trinajstić information content (AvgIpc) is 3.42. The number of pyridine rings is 1. The number of carbonyl (C=O) groups excluding carboxylic acids is 1. The summed E-state index contributed by atoms with van der Waals surface area (Å²) in [4.78, 5) is 17.1. The molecule has 1 aliphatic carbocycles. The van der Waals surface area contributed by atoms with Crippen molar-refractivity contribution in [2.75, 3.05) is 17.0 Å². The van der Waals surface area contributed by atoms with E-state index in [0.29, 0.717) is 17.3 Å². The number of fused-ring (bicyclic) bond motifs is 1. The predicted molar refractivity (Wildman–Crippen MR) is 103 cm³/mol. The molecule has 1 saturated carbocycles. The lowest BCUT2D eigenvalue weighted by atomic mass is 10.3. The van der Waals surface area contributed by atoms with Gasteiger partial charge in [0.1, 0.15) is 5.82 Å². The Labute approximate surface area is 157 Å². The van der Waals surface area contributed by atoms with Gasteiger partial charge < -0.3 is 9.72 Å². The number of imidazole rings is 1. The standard InChI is InChI=1S/C19H20N4O3S/c24-19(20-11-13-27(25,26)22-15-6-2-1-3-7-15)17-16-8-4-5-12-23(16)18(21-17)14-9-10-14/h1-8,12,14,22H,9-11,13H2,(H,20,24). The van der Waals surface area contributed by atoms with Gasteiger partial charge in [0.05, 0.1) is 11.3 Å². The second kappa shape index (κ2) is 7.03. The molecule has 140 valence electrons. The monoisotopic (exact) mass is 384 g/mol. The molecule has 2 N–H and O–H groups in total. The van der Waals surface area contributed by atoms with Gasteiger partial charge in [-0.15, -0.1) is 0 Å². The molecule has 0 spiro atoms. The van der Waals surface area contributed by atoms with Crippen LogP contribution in [0.2, 0.25) is 0 Å². The summed E-state index contributed by atoms with van der Waals surface area (Å²) >= 11 is 0. The summed E-state index contributed by atoms with van der Waals surface area (Å²) in [5.41, 5.74) is 1.58. The third-order valence-corrected chi connectivity index (χ3v) is 5.73. The molecule has 8 heteroatoms. The number of carbonyl (C=O) groups is 1. The number of para-hydroxylation sites is 1. The number of benzene rings is 1. The predicted octanol–water partition coefficient (Wildman–Crippen LogP) is 2.38. The van der Waals surface area contributed by atoms with Gasteiger partial charge in [0.25, 0.3) is 5.91 Å². The van der Waals surface area contributed by atoms with Crippen molar-refractivity contribution < 1.29 is 13.2 Å². The van der Waals surface area contributed by atoms with Crippen LogP contribution in [0.15, 0.2) is 54.7 Å². The SMILES string of the molecule is O=C(NCCS(=O)(=O)Nc1ccccc1)c1nc(C2CC2)n2ccccc12. The maximum Gasteiger partial charge on any atom is 0.272 e. The highest BCUT2D eigenvalue weighted by Crippen LogP contribution is 2.39. The van der Waals surface area contributed by atoms with Gasteiger partial charge in [0.15, 0.2) is 5.69 Å².